The molecule has 0 spiro atoms. The van der Waals surface area contributed by atoms with Crippen LogP contribution in [-0.2, 0) is 28.2 Å². The molecule has 0 radical (unpaired) electrons. The van der Waals surface area contributed by atoms with Crippen molar-refractivity contribution in [2.75, 3.05) is 0 Å². The Morgan fingerprint density at radius 3 is 1.22 bits per heavy atom. The third-order valence-electron chi connectivity index (χ3n) is 34.6. The van der Waals surface area contributed by atoms with Gasteiger partial charge < -0.3 is 0 Å². The van der Waals surface area contributed by atoms with E-state index in [-0.39, 0.29) is 0 Å². The van der Waals surface area contributed by atoms with E-state index in [4.69, 9.17) is 19.9 Å². The Bertz CT molecular complexity index is 8030. The number of benzene rings is 8. The Balaban J connectivity index is 0.0000000945. The van der Waals surface area contributed by atoms with Gasteiger partial charge in [-0.15, -0.1) is 0 Å². The van der Waals surface area contributed by atoms with Crippen molar-refractivity contribution < 1.29 is 18.1 Å². The molecule has 12 heteroatoms. The lowest BCUT2D eigenvalue weighted by Crippen LogP contribution is -2.27. The highest BCUT2D eigenvalue weighted by Gasteiger charge is 2.39. The van der Waals surface area contributed by atoms with E-state index in [1.54, 1.807) is 27.8 Å². The molecule has 8 fully saturated rings. The molecule has 8 aliphatic rings. The fourth-order valence-electron chi connectivity index (χ4n) is 28.2. The number of para-hydroxylation sites is 7. The topological polar surface area (TPSA) is 85.5 Å². The van der Waals surface area contributed by atoms with Crippen LogP contribution in [-0.4, -0.2) is 37.7 Å². The van der Waals surface area contributed by atoms with Gasteiger partial charge in [-0.1, -0.05) is 182 Å². The highest BCUT2D eigenvalue weighted by molar-refractivity contribution is 6.17. The Hall–Kier alpha value is -11.8. The fraction of sp³-hybridized carbons (Fsp3) is 0.400. The second-order valence-corrected chi connectivity index (χ2v) is 42.0. The number of aromatic nitrogens is 12. The van der Waals surface area contributed by atoms with E-state index in [2.05, 4.69) is 268 Å². The van der Waals surface area contributed by atoms with E-state index in [0.29, 0.717) is 35.5 Å². The summed E-state index contributed by atoms with van der Waals surface area (Å²) in [5, 5.41) is 10.8. The summed E-state index contributed by atoms with van der Waals surface area (Å²) in [6.45, 7) is 9.04. The lowest BCUT2D eigenvalue weighted by atomic mass is 9.82. The third-order valence-corrected chi connectivity index (χ3v) is 34.6. The van der Waals surface area contributed by atoms with Gasteiger partial charge in [0.2, 0.25) is 0 Å². The minimum absolute atomic E-state index is 0.622. The predicted molar refractivity (Wildman–Crippen MR) is 544 cm³/mol. The number of imidazole rings is 4. The second-order valence-electron chi connectivity index (χ2n) is 42.0. The SMILES string of the molecule is Cc1cc(C2CCCC2)nc2c3ccccc3[n+]3c4ccc(C5CCCC5)cc4n(C)c3c12.Cc1ccnc2c3c(C4CCCC4)c(C4CCCC4)ccc3n3c4ccccc4[n+](C)c3c12.Cc1ccnc2c3c(C4CCCC4)cc(C4CCCC4)cc3n3c4ccccc4[n+](C)c3c12.Cc1ccnc2c3c(C4CCCC4)ccc(C4CCCC4)c3n3c4ccccc4[n+](C)c3c12. The standard InChI is InChI=1S/4C30H32N3/c1-19-17-24(21-11-5-6-12-21)31-29-23-13-7-8-14-25(23)33-26-16-15-22(20-9-3-4-10-20)18-27(26)32(2)30(33)28(19)29;1-19-15-16-31-29-27(19)30-32(2)24-13-7-8-14-25(24)33(30)26-18-22(20-9-3-4-10-20)17-23(28(26)29)21-11-5-6-12-21;1-19-17-18-31-28-26(19)30-32(2)24-13-7-8-14-25(24)33(30)29-23(21-11-5-6-12-21)16-15-22(27(28)29)20-9-3-4-10-20;1-19-17-18-31-29-26(19)30-32(2)23-13-7-8-14-24(23)33(30)25-16-15-22(20-9-3-4-10-20)27(28(25)29)21-11-5-6-12-21/h4*7-8,13-18,20-21H,3-6,9-12H2,1-2H3/q4*+1. The van der Waals surface area contributed by atoms with Crippen molar-refractivity contribution in [1.29, 1.82) is 0 Å². The van der Waals surface area contributed by atoms with Gasteiger partial charge >= 0.3 is 0 Å². The first-order valence-electron chi connectivity index (χ1n) is 51.5. The molecule has 12 aromatic heterocycles. The largest absolute Gasteiger partial charge is 0.297 e. The van der Waals surface area contributed by atoms with Crippen molar-refractivity contribution in [2.45, 2.75) is 281 Å². The zero-order valence-corrected chi connectivity index (χ0v) is 79.1. The zero-order valence-electron chi connectivity index (χ0n) is 79.1. The smallest absolute Gasteiger partial charge is 0.255 e. The van der Waals surface area contributed by atoms with Crippen molar-refractivity contribution in [1.82, 2.24) is 37.7 Å². The number of aryl methyl sites for hydroxylation is 8. The predicted octanol–water partition coefficient (Wildman–Crippen LogP) is 29.0. The molecule has 0 aliphatic heterocycles. The molecule has 8 aromatic carbocycles. The number of nitrogens with zero attached hydrogens (tertiary/aromatic N) is 12. The molecule has 0 bridgehead atoms. The Labute approximate surface area is 774 Å². The average Bonchev–Trinajstić information content (AvgIpc) is 1.25. The maximum atomic E-state index is 5.36. The van der Waals surface area contributed by atoms with Crippen molar-refractivity contribution in [3.8, 4) is 0 Å². The number of hydrogen-bond acceptors (Lipinski definition) is 4. The van der Waals surface area contributed by atoms with Crippen LogP contribution in [0.3, 0.4) is 0 Å². The molecule has 8 saturated carbocycles. The molecular weight excluding hydrogens is 1610 g/mol. The van der Waals surface area contributed by atoms with Crippen molar-refractivity contribution in [3.05, 3.63) is 261 Å². The second kappa shape index (κ2) is 33.2. The highest BCUT2D eigenvalue weighted by atomic mass is 15.1. The zero-order chi connectivity index (χ0) is 88.4. The molecule has 664 valence electrons. The molecule has 0 N–H and O–H groups in total. The monoisotopic (exact) mass is 1740 g/mol. The Morgan fingerprint density at radius 2 is 0.674 bits per heavy atom. The number of rotatable bonds is 8. The molecule has 0 unspecified atom stereocenters. The van der Waals surface area contributed by atoms with Crippen LogP contribution in [0.25, 0.3) is 154 Å². The quantitative estimate of drug-likeness (QED) is 0.112. The van der Waals surface area contributed by atoms with Crippen LogP contribution >= 0.6 is 0 Å². The summed E-state index contributed by atoms with van der Waals surface area (Å²) in [5.41, 5.74) is 43.2. The Morgan fingerprint density at radius 1 is 0.273 bits per heavy atom. The van der Waals surface area contributed by atoms with Crippen molar-refractivity contribution in [3.63, 3.8) is 0 Å². The average molecular weight is 1740 g/mol. The Kier molecular flexibility index (Phi) is 20.6. The number of hydrogen-bond donors (Lipinski definition) is 0. The summed E-state index contributed by atoms with van der Waals surface area (Å²) in [4.78, 5) is 20.6. The lowest BCUT2D eigenvalue weighted by Gasteiger charge is -2.22. The van der Waals surface area contributed by atoms with Gasteiger partial charge in [-0.25, -0.2) is 18.3 Å². The van der Waals surface area contributed by atoms with Gasteiger partial charge in [-0.05, 0) is 325 Å². The molecule has 12 heterocycles. The van der Waals surface area contributed by atoms with E-state index in [1.165, 1.54) is 398 Å². The van der Waals surface area contributed by atoms with Crippen LogP contribution < -0.4 is 18.1 Å². The lowest BCUT2D eigenvalue weighted by molar-refractivity contribution is -0.617. The molecule has 20 aromatic rings. The highest BCUT2D eigenvalue weighted by Crippen LogP contribution is 2.52. The first kappa shape index (κ1) is 82.2. The van der Waals surface area contributed by atoms with E-state index in [0.717, 1.165) is 11.8 Å². The summed E-state index contributed by atoms with van der Waals surface area (Å²) in [7, 11) is 8.90. The minimum atomic E-state index is 0.622. The fourth-order valence-corrected chi connectivity index (χ4v) is 28.2. The molecule has 132 heavy (non-hydrogen) atoms. The van der Waals surface area contributed by atoms with Gasteiger partial charge in [0.15, 0.2) is 44.1 Å². The van der Waals surface area contributed by atoms with E-state index < -0.39 is 0 Å². The summed E-state index contributed by atoms with van der Waals surface area (Å²) in [5.74, 6) is 5.42. The molecule has 0 amide bonds. The van der Waals surface area contributed by atoms with E-state index >= 15 is 0 Å². The molecular formula is C120H128N12+4. The van der Waals surface area contributed by atoms with Crippen molar-refractivity contribution in [2.24, 2.45) is 28.2 Å². The van der Waals surface area contributed by atoms with Crippen LogP contribution in [0.2, 0.25) is 0 Å². The van der Waals surface area contributed by atoms with Crippen molar-refractivity contribution >= 4 is 154 Å². The summed E-state index contributed by atoms with van der Waals surface area (Å²) in [6, 6.07) is 66.7. The normalized spacial score (nSPS) is 18.0. The molecule has 12 nitrogen and oxygen atoms in total. The van der Waals surface area contributed by atoms with Gasteiger partial charge in [0, 0.05) is 41.2 Å². The van der Waals surface area contributed by atoms with Crippen LogP contribution in [0.5, 0.6) is 0 Å². The summed E-state index contributed by atoms with van der Waals surface area (Å²) < 4.78 is 19.7. The molecule has 0 atom stereocenters. The van der Waals surface area contributed by atoms with Gasteiger partial charge in [0.1, 0.15) is 22.1 Å². The number of fused-ring (bicyclic) bond motifs is 32. The summed E-state index contributed by atoms with van der Waals surface area (Å²) in [6.07, 6.45) is 48.9. The molecule has 28 rings (SSSR count). The van der Waals surface area contributed by atoms with Crippen LogP contribution in [0.4, 0.5) is 0 Å². The number of pyridine rings is 8. The minimum Gasteiger partial charge on any atom is -0.255 e. The van der Waals surface area contributed by atoms with E-state index in [1.807, 2.05) is 18.6 Å². The van der Waals surface area contributed by atoms with Gasteiger partial charge in [0.05, 0.1) is 88.0 Å². The first-order valence-corrected chi connectivity index (χ1v) is 51.5. The van der Waals surface area contributed by atoms with Gasteiger partial charge in [-0.3, -0.25) is 19.9 Å². The van der Waals surface area contributed by atoms with Crippen LogP contribution in [0.1, 0.15) is 320 Å². The molecule has 0 saturated heterocycles. The molecule has 8 aliphatic carbocycles. The van der Waals surface area contributed by atoms with Crippen LogP contribution in [0, 0.1) is 27.7 Å². The summed E-state index contributed by atoms with van der Waals surface area (Å²) >= 11 is 0. The first-order chi connectivity index (χ1) is 64.9. The van der Waals surface area contributed by atoms with Gasteiger partial charge in [0.25, 0.3) is 22.6 Å². The van der Waals surface area contributed by atoms with Crippen LogP contribution in [0.15, 0.2) is 195 Å². The third kappa shape index (κ3) is 13.0. The maximum Gasteiger partial charge on any atom is 0.297 e. The maximum absolute atomic E-state index is 5.36. The van der Waals surface area contributed by atoms with E-state index in [9.17, 15) is 0 Å². The van der Waals surface area contributed by atoms with Gasteiger partial charge in [-0.2, -0.15) is 17.6 Å².